The fourth-order valence-corrected chi connectivity index (χ4v) is 4.20. The topological polar surface area (TPSA) is 128 Å². The number of carbonyl (C=O) groups is 3. The van der Waals surface area contributed by atoms with E-state index in [9.17, 15) is 24.5 Å². The van der Waals surface area contributed by atoms with Gasteiger partial charge in [0.25, 0.3) is 11.6 Å². The van der Waals surface area contributed by atoms with Gasteiger partial charge in [-0.1, -0.05) is 12.1 Å². The van der Waals surface area contributed by atoms with Crippen LogP contribution in [0.3, 0.4) is 0 Å². The van der Waals surface area contributed by atoms with Gasteiger partial charge in [0.1, 0.15) is 5.75 Å². The quantitative estimate of drug-likeness (QED) is 0.255. The van der Waals surface area contributed by atoms with Gasteiger partial charge in [0.2, 0.25) is 5.91 Å². The molecule has 1 aliphatic heterocycles. The Bertz CT molecular complexity index is 1050. The van der Waals surface area contributed by atoms with Crippen LogP contribution in [0, 0.1) is 10.1 Å². The highest BCUT2D eigenvalue weighted by Gasteiger charge is 2.20. The molecule has 0 unspecified atom stereocenters. The number of thioether (sulfide) groups is 1. The predicted octanol–water partition coefficient (Wildman–Crippen LogP) is 3.11. The first-order valence-electron chi connectivity index (χ1n) is 10.2. The van der Waals surface area contributed by atoms with Crippen molar-refractivity contribution in [1.82, 2.24) is 4.90 Å². The zero-order chi connectivity index (χ0) is 23.8. The Kier molecular flexibility index (Phi) is 8.25. The lowest BCUT2D eigenvalue weighted by atomic mass is 10.2. The van der Waals surface area contributed by atoms with E-state index in [1.54, 1.807) is 29.2 Å². The van der Waals surface area contributed by atoms with Gasteiger partial charge >= 0.3 is 5.97 Å². The van der Waals surface area contributed by atoms with Gasteiger partial charge in [-0.25, -0.2) is 4.79 Å². The van der Waals surface area contributed by atoms with Gasteiger partial charge in [0.15, 0.2) is 6.61 Å². The number of hydrogen-bond donors (Lipinski definition) is 1. The fourth-order valence-electron chi connectivity index (χ4n) is 3.26. The van der Waals surface area contributed by atoms with Gasteiger partial charge in [-0.05, 0) is 31.0 Å². The van der Waals surface area contributed by atoms with Gasteiger partial charge in [-0.2, -0.15) is 0 Å². The van der Waals surface area contributed by atoms with Crippen molar-refractivity contribution in [1.29, 1.82) is 0 Å². The predicted molar refractivity (Wildman–Crippen MR) is 122 cm³/mol. The van der Waals surface area contributed by atoms with Gasteiger partial charge in [0.05, 0.1) is 29.0 Å². The van der Waals surface area contributed by atoms with E-state index in [4.69, 9.17) is 9.47 Å². The van der Waals surface area contributed by atoms with Gasteiger partial charge in [-0.3, -0.25) is 19.7 Å². The molecule has 1 heterocycles. The Morgan fingerprint density at radius 3 is 2.58 bits per heavy atom. The molecular weight excluding hydrogens is 450 g/mol. The van der Waals surface area contributed by atoms with Crippen LogP contribution in [0.25, 0.3) is 0 Å². The first kappa shape index (κ1) is 24.1. The molecule has 0 spiro atoms. The molecule has 2 aromatic carbocycles. The number of esters is 1. The highest BCUT2D eigenvalue weighted by atomic mass is 32.2. The van der Waals surface area contributed by atoms with Crippen LogP contribution < -0.4 is 10.1 Å². The Morgan fingerprint density at radius 1 is 1.15 bits per heavy atom. The monoisotopic (exact) mass is 473 g/mol. The molecule has 2 amide bonds. The second-order valence-corrected chi connectivity index (χ2v) is 8.16. The molecule has 11 heteroatoms. The SMILES string of the molecule is COc1ccc([N+](=O)[O-])cc1NC(=O)COC(=O)c1ccccc1SCC(=O)N1CCCC1. The minimum absolute atomic E-state index is 0.0194. The van der Waals surface area contributed by atoms with Crippen LogP contribution in [-0.4, -0.2) is 60.2 Å². The standard InChI is InChI=1S/C22H23N3O7S/c1-31-18-9-8-15(25(29)30)12-17(18)23-20(26)13-32-22(28)16-6-2-3-7-19(16)33-14-21(27)24-10-4-5-11-24/h2-3,6-9,12H,4-5,10-11,13-14H2,1H3,(H,23,26). The van der Waals surface area contributed by atoms with E-state index in [1.165, 1.54) is 31.0 Å². The molecule has 0 radical (unpaired) electrons. The van der Waals surface area contributed by atoms with Crippen LogP contribution in [0.2, 0.25) is 0 Å². The van der Waals surface area contributed by atoms with Crippen LogP contribution in [0.15, 0.2) is 47.4 Å². The van der Waals surface area contributed by atoms with Crippen molar-refractivity contribution in [2.45, 2.75) is 17.7 Å². The average molecular weight is 474 g/mol. The summed E-state index contributed by atoms with van der Waals surface area (Å²) in [7, 11) is 1.36. The van der Waals surface area contributed by atoms with Crippen molar-refractivity contribution in [3.63, 3.8) is 0 Å². The number of benzene rings is 2. The molecule has 174 valence electrons. The van der Waals surface area contributed by atoms with Crippen LogP contribution >= 0.6 is 11.8 Å². The van der Waals surface area contributed by atoms with Gasteiger partial charge < -0.3 is 19.7 Å². The highest BCUT2D eigenvalue weighted by molar-refractivity contribution is 8.00. The second-order valence-electron chi connectivity index (χ2n) is 7.14. The molecule has 1 aliphatic rings. The maximum Gasteiger partial charge on any atom is 0.339 e. The third kappa shape index (κ3) is 6.45. The third-order valence-electron chi connectivity index (χ3n) is 4.92. The number of likely N-dealkylation sites (tertiary alicyclic amines) is 1. The van der Waals surface area contributed by atoms with Crippen molar-refractivity contribution in [3.05, 3.63) is 58.1 Å². The van der Waals surface area contributed by atoms with E-state index in [0.29, 0.717) is 4.90 Å². The minimum Gasteiger partial charge on any atom is -0.495 e. The lowest BCUT2D eigenvalue weighted by molar-refractivity contribution is -0.384. The zero-order valence-corrected chi connectivity index (χ0v) is 18.8. The van der Waals surface area contributed by atoms with Crippen LogP contribution in [-0.2, 0) is 14.3 Å². The Balaban J connectivity index is 1.58. The number of carbonyl (C=O) groups excluding carboxylic acids is 3. The molecule has 10 nitrogen and oxygen atoms in total. The summed E-state index contributed by atoms with van der Waals surface area (Å²) in [5.41, 5.74) is 0.110. The molecule has 0 aromatic heterocycles. The number of methoxy groups -OCH3 is 1. The summed E-state index contributed by atoms with van der Waals surface area (Å²) in [6, 6.07) is 10.5. The summed E-state index contributed by atoms with van der Waals surface area (Å²) in [6.45, 7) is 0.914. The number of nitro groups is 1. The Hall–Kier alpha value is -3.60. The number of non-ortho nitro benzene ring substituents is 1. The summed E-state index contributed by atoms with van der Waals surface area (Å²) >= 11 is 1.24. The number of rotatable bonds is 9. The van der Waals surface area contributed by atoms with Crippen molar-refractivity contribution in [2.24, 2.45) is 0 Å². The summed E-state index contributed by atoms with van der Waals surface area (Å²) in [4.78, 5) is 49.9. The first-order chi connectivity index (χ1) is 15.9. The van der Waals surface area contributed by atoms with Crippen LogP contribution in [0.5, 0.6) is 5.75 Å². The second kappa shape index (κ2) is 11.3. The number of hydrogen-bond acceptors (Lipinski definition) is 8. The molecule has 33 heavy (non-hydrogen) atoms. The average Bonchev–Trinajstić information content (AvgIpc) is 3.36. The molecule has 0 bridgehead atoms. The highest BCUT2D eigenvalue weighted by Crippen LogP contribution is 2.29. The van der Waals surface area contributed by atoms with E-state index in [0.717, 1.165) is 32.0 Å². The molecule has 2 aromatic rings. The molecule has 1 saturated heterocycles. The van der Waals surface area contributed by atoms with E-state index in [1.807, 2.05) is 0 Å². The van der Waals surface area contributed by atoms with E-state index < -0.39 is 23.4 Å². The minimum atomic E-state index is -0.715. The molecule has 0 saturated carbocycles. The number of nitro benzene ring substituents is 1. The van der Waals surface area contributed by atoms with Gasteiger partial charge in [-0.15, -0.1) is 11.8 Å². The normalized spacial score (nSPS) is 12.8. The summed E-state index contributed by atoms with van der Waals surface area (Å²) in [5, 5.41) is 13.4. The van der Waals surface area contributed by atoms with E-state index in [-0.39, 0.29) is 34.3 Å². The van der Waals surface area contributed by atoms with E-state index >= 15 is 0 Å². The molecule has 0 atom stereocenters. The zero-order valence-electron chi connectivity index (χ0n) is 17.9. The van der Waals surface area contributed by atoms with Crippen molar-refractivity contribution >= 4 is 40.9 Å². The smallest absolute Gasteiger partial charge is 0.339 e. The number of nitrogens with one attached hydrogen (secondary N) is 1. The molecule has 3 rings (SSSR count). The number of nitrogens with zero attached hydrogens (tertiary/aromatic N) is 2. The number of anilines is 1. The van der Waals surface area contributed by atoms with E-state index in [2.05, 4.69) is 5.32 Å². The first-order valence-corrected chi connectivity index (χ1v) is 11.2. The lowest BCUT2D eigenvalue weighted by Gasteiger charge is -2.15. The Labute approximate surface area is 194 Å². The largest absolute Gasteiger partial charge is 0.495 e. The lowest BCUT2D eigenvalue weighted by Crippen LogP contribution is -2.29. The summed E-state index contributed by atoms with van der Waals surface area (Å²) < 4.78 is 10.2. The van der Waals surface area contributed by atoms with Crippen molar-refractivity contribution < 1.29 is 28.8 Å². The number of amides is 2. The maximum absolute atomic E-state index is 12.6. The fraction of sp³-hybridized carbons (Fsp3) is 0.318. The Morgan fingerprint density at radius 2 is 1.88 bits per heavy atom. The molecular formula is C22H23N3O7S. The van der Waals surface area contributed by atoms with Gasteiger partial charge in [0, 0.05) is 30.1 Å². The maximum atomic E-state index is 12.6. The third-order valence-corrected chi connectivity index (χ3v) is 5.98. The van der Waals surface area contributed by atoms with Crippen LogP contribution in [0.4, 0.5) is 11.4 Å². The molecule has 1 fully saturated rings. The van der Waals surface area contributed by atoms with Crippen molar-refractivity contribution in [2.75, 3.05) is 37.9 Å². The summed E-state index contributed by atoms with van der Waals surface area (Å²) in [6.07, 6.45) is 2.01. The summed E-state index contributed by atoms with van der Waals surface area (Å²) in [5.74, 6) is -0.947. The van der Waals surface area contributed by atoms with Crippen LogP contribution in [0.1, 0.15) is 23.2 Å². The number of ether oxygens (including phenoxy) is 2. The molecule has 1 N–H and O–H groups in total. The van der Waals surface area contributed by atoms with Crippen molar-refractivity contribution in [3.8, 4) is 5.75 Å². The molecule has 0 aliphatic carbocycles.